The summed E-state index contributed by atoms with van der Waals surface area (Å²) in [4.78, 5) is 1.24. The highest BCUT2D eigenvalue weighted by Gasteiger charge is 2.04. The van der Waals surface area contributed by atoms with Crippen molar-refractivity contribution >= 4 is 27.7 Å². The molecule has 0 N–H and O–H groups in total. The molecule has 1 nitrogen and oxygen atoms in total. The molecular formula is C15H15BrOS. The van der Waals surface area contributed by atoms with Gasteiger partial charge >= 0.3 is 0 Å². The summed E-state index contributed by atoms with van der Waals surface area (Å²) in [7, 11) is 0. The molecule has 94 valence electrons. The molecule has 0 aromatic heterocycles. The van der Waals surface area contributed by atoms with Gasteiger partial charge in [0.05, 0.1) is 0 Å². The van der Waals surface area contributed by atoms with Crippen molar-refractivity contribution in [1.82, 2.24) is 0 Å². The third kappa shape index (κ3) is 3.30. The summed E-state index contributed by atoms with van der Waals surface area (Å²) in [5, 5.41) is 0.799. The van der Waals surface area contributed by atoms with E-state index in [9.17, 15) is 0 Å². The summed E-state index contributed by atoms with van der Waals surface area (Å²) in [5.74, 6) is 1.79. The number of aryl methyl sites for hydroxylation is 1. The number of rotatable bonds is 4. The Hall–Kier alpha value is -0.930. The normalized spacial score (nSPS) is 10.4. The van der Waals surface area contributed by atoms with Gasteiger partial charge in [-0.2, -0.15) is 0 Å². The van der Waals surface area contributed by atoms with Crippen molar-refractivity contribution in [3.05, 3.63) is 53.6 Å². The van der Waals surface area contributed by atoms with E-state index < -0.39 is 0 Å². The second-order valence-corrected chi connectivity index (χ2v) is 5.46. The van der Waals surface area contributed by atoms with Gasteiger partial charge in [-0.25, -0.2) is 0 Å². The molecule has 18 heavy (non-hydrogen) atoms. The molecule has 0 saturated carbocycles. The lowest BCUT2D eigenvalue weighted by atomic mass is 10.1. The Bertz CT molecular complexity index is 523. The SMILES string of the molecule is CSc1ccc(Oc2ccc(C)cc2CBr)cc1. The molecule has 0 amide bonds. The van der Waals surface area contributed by atoms with Crippen LogP contribution in [0.25, 0.3) is 0 Å². The summed E-state index contributed by atoms with van der Waals surface area (Å²) < 4.78 is 5.92. The van der Waals surface area contributed by atoms with E-state index in [1.807, 2.05) is 18.2 Å². The van der Waals surface area contributed by atoms with Crippen molar-refractivity contribution in [2.75, 3.05) is 6.26 Å². The predicted octanol–water partition coefficient (Wildman–Crippen LogP) is 5.40. The predicted molar refractivity (Wildman–Crippen MR) is 82.1 cm³/mol. The van der Waals surface area contributed by atoms with E-state index in [1.165, 1.54) is 16.0 Å². The summed E-state index contributed by atoms with van der Waals surface area (Å²) in [6, 6.07) is 14.4. The van der Waals surface area contributed by atoms with Gasteiger partial charge in [-0.15, -0.1) is 11.8 Å². The first-order valence-electron chi connectivity index (χ1n) is 5.70. The molecule has 0 aliphatic carbocycles. The molecule has 0 saturated heterocycles. The van der Waals surface area contributed by atoms with Gasteiger partial charge in [-0.05, 0) is 43.5 Å². The highest BCUT2D eigenvalue weighted by molar-refractivity contribution is 9.08. The van der Waals surface area contributed by atoms with Gasteiger partial charge in [0, 0.05) is 15.8 Å². The molecule has 0 unspecified atom stereocenters. The van der Waals surface area contributed by atoms with E-state index in [1.54, 1.807) is 11.8 Å². The molecule has 2 rings (SSSR count). The maximum absolute atomic E-state index is 5.92. The molecule has 0 heterocycles. The van der Waals surface area contributed by atoms with Crippen LogP contribution in [0.5, 0.6) is 11.5 Å². The van der Waals surface area contributed by atoms with Crippen LogP contribution in [-0.2, 0) is 5.33 Å². The number of halogens is 1. The Balaban J connectivity index is 2.22. The molecule has 2 aromatic carbocycles. The Morgan fingerprint density at radius 3 is 2.44 bits per heavy atom. The third-order valence-electron chi connectivity index (χ3n) is 2.65. The van der Waals surface area contributed by atoms with Crippen LogP contribution in [0.2, 0.25) is 0 Å². The molecule has 0 aliphatic heterocycles. The van der Waals surface area contributed by atoms with Crippen molar-refractivity contribution in [2.24, 2.45) is 0 Å². The Labute approximate surface area is 121 Å². The van der Waals surface area contributed by atoms with Crippen LogP contribution in [0.1, 0.15) is 11.1 Å². The van der Waals surface area contributed by atoms with Crippen LogP contribution in [0, 0.1) is 6.92 Å². The molecule has 0 atom stereocenters. The smallest absolute Gasteiger partial charge is 0.131 e. The molecule has 0 spiro atoms. The fourth-order valence-corrected chi connectivity index (χ4v) is 2.53. The quantitative estimate of drug-likeness (QED) is 0.550. The largest absolute Gasteiger partial charge is 0.457 e. The van der Waals surface area contributed by atoms with Crippen LogP contribution in [-0.4, -0.2) is 6.26 Å². The van der Waals surface area contributed by atoms with E-state index in [0.29, 0.717) is 0 Å². The van der Waals surface area contributed by atoms with Crippen molar-refractivity contribution < 1.29 is 4.74 Å². The van der Waals surface area contributed by atoms with Crippen LogP contribution in [0.3, 0.4) is 0 Å². The van der Waals surface area contributed by atoms with Gasteiger partial charge in [0.1, 0.15) is 11.5 Å². The maximum atomic E-state index is 5.92. The molecule has 2 aromatic rings. The average molecular weight is 323 g/mol. The topological polar surface area (TPSA) is 9.23 Å². The number of alkyl halides is 1. The lowest BCUT2D eigenvalue weighted by Crippen LogP contribution is -1.90. The van der Waals surface area contributed by atoms with E-state index in [4.69, 9.17) is 4.74 Å². The van der Waals surface area contributed by atoms with Crippen molar-refractivity contribution in [2.45, 2.75) is 17.1 Å². The zero-order chi connectivity index (χ0) is 13.0. The van der Waals surface area contributed by atoms with E-state index >= 15 is 0 Å². The first-order chi connectivity index (χ1) is 8.72. The van der Waals surface area contributed by atoms with Gasteiger partial charge in [-0.1, -0.05) is 33.6 Å². The van der Waals surface area contributed by atoms with Gasteiger partial charge < -0.3 is 4.74 Å². The summed E-state index contributed by atoms with van der Waals surface area (Å²) in [6.07, 6.45) is 2.07. The molecular weight excluding hydrogens is 308 g/mol. The standard InChI is InChI=1S/C15H15BrOS/c1-11-3-8-15(12(9-11)10-16)17-13-4-6-14(18-2)7-5-13/h3-9H,10H2,1-2H3. The number of thioether (sulfide) groups is 1. The first-order valence-corrected chi connectivity index (χ1v) is 8.05. The van der Waals surface area contributed by atoms with Crippen LogP contribution in [0.4, 0.5) is 0 Å². The van der Waals surface area contributed by atoms with E-state index in [-0.39, 0.29) is 0 Å². The van der Waals surface area contributed by atoms with E-state index in [0.717, 1.165) is 16.8 Å². The molecule has 0 aliphatic rings. The number of hydrogen-bond donors (Lipinski definition) is 0. The minimum atomic E-state index is 0.799. The maximum Gasteiger partial charge on any atom is 0.131 e. The number of ether oxygens (including phenoxy) is 1. The Morgan fingerprint density at radius 2 is 1.83 bits per heavy atom. The zero-order valence-corrected chi connectivity index (χ0v) is 12.8. The Kier molecular flexibility index (Phi) is 4.72. The highest BCUT2D eigenvalue weighted by Crippen LogP contribution is 2.29. The molecule has 0 fully saturated rings. The fraction of sp³-hybridized carbons (Fsp3) is 0.200. The summed E-state index contributed by atoms with van der Waals surface area (Å²) in [5.41, 5.74) is 2.42. The van der Waals surface area contributed by atoms with Crippen LogP contribution < -0.4 is 4.74 Å². The van der Waals surface area contributed by atoms with Crippen molar-refractivity contribution in [3.63, 3.8) is 0 Å². The average Bonchev–Trinajstić information content (AvgIpc) is 2.41. The lowest BCUT2D eigenvalue weighted by molar-refractivity contribution is 0.478. The minimum absolute atomic E-state index is 0.799. The molecule has 0 radical (unpaired) electrons. The molecule has 0 bridgehead atoms. The van der Waals surface area contributed by atoms with Gasteiger partial charge in [0.25, 0.3) is 0 Å². The minimum Gasteiger partial charge on any atom is -0.457 e. The van der Waals surface area contributed by atoms with Gasteiger partial charge in [-0.3, -0.25) is 0 Å². The number of benzene rings is 2. The van der Waals surface area contributed by atoms with Crippen LogP contribution in [0.15, 0.2) is 47.4 Å². The summed E-state index contributed by atoms with van der Waals surface area (Å²) >= 11 is 5.23. The Morgan fingerprint density at radius 1 is 1.11 bits per heavy atom. The molecule has 3 heteroatoms. The highest BCUT2D eigenvalue weighted by atomic mass is 79.9. The van der Waals surface area contributed by atoms with Crippen molar-refractivity contribution in [1.29, 1.82) is 0 Å². The zero-order valence-electron chi connectivity index (χ0n) is 10.4. The van der Waals surface area contributed by atoms with Gasteiger partial charge in [0.2, 0.25) is 0 Å². The monoisotopic (exact) mass is 322 g/mol. The fourth-order valence-electron chi connectivity index (χ4n) is 1.68. The van der Waals surface area contributed by atoms with Crippen molar-refractivity contribution in [3.8, 4) is 11.5 Å². The third-order valence-corrected chi connectivity index (χ3v) is 3.99. The second-order valence-electron chi connectivity index (χ2n) is 4.02. The first kappa shape index (κ1) is 13.5. The van der Waals surface area contributed by atoms with Crippen LogP contribution >= 0.6 is 27.7 Å². The van der Waals surface area contributed by atoms with E-state index in [2.05, 4.69) is 53.4 Å². The number of hydrogen-bond acceptors (Lipinski definition) is 2. The second kappa shape index (κ2) is 6.30. The lowest BCUT2D eigenvalue weighted by Gasteiger charge is -2.10. The summed E-state index contributed by atoms with van der Waals surface area (Å²) in [6.45, 7) is 2.09. The van der Waals surface area contributed by atoms with Gasteiger partial charge in [0.15, 0.2) is 0 Å².